The molecule has 1 aromatic rings. The van der Waals surface area contributed by atoms with E-state index in [1.54, 1.807) is 0 Å². The smallest absolute Gasteiger partial charge is 0.0744 e. The molecule has 0 spiro atoms. The molecule has 88 valence electrons. The Morgan fingerprint density at radius 2 is 2.12 bits per heavy atom. The van der Waals surface area contributed by atoms with Crippen molar-refractivity contribution in [2.45, 2.75) is 39.4 Å². The van der Waals surface area contributed by atoms with E-state index in [1.165, 1.54) is 16.7 Å². The number of ether oxygens (including phenoxy) is 1. The minimum atomic E-state index is 0.324. The van der Waals surface area contributed by atoms with Gasteiger partial charge in [-0.15, -0.1) is 0 Å². The molecule has 0 aromatic heterocycles. The van der Waals surface area contributed by atoms with Crippen LogP contribution in [0.4, 0.5) is 0 Å². The van der Waals surface area contributed by atoms with Crippen LogP contribution in [0.2, 0.25) is 0 Å². The van der Waals surface area contributed by atoms with E-state index in [9.17, 15) is 0 Å². The number of aryl methyl sites for hydroxylation is 2. The first-order chi connectivity index (χ1) is 7.65. The minimum Gasteiger partial charge on any atom is -0.372 e. The molecule has 1 saturated heterocycles. The summed E-state index contributed by atoms with van der Waals surface area (Å²) in [5.41, 5.74) is 4.12. The molecule has 0 aliphatic carbocycles. The van der Waals surface area contributed by atoms with E-state index in [4.69, 9.17) is 4.74 Å². The molecule has 0 amide bonds. The van der Waals surface area contributed by atoms with Crippen molar-refractivity contribution in [3.05, 3.63) is 34.9 Å². The van der Waals surface area contributed by atoms with Gasteiger partial charge in [0.15, 0.2) is 0 Å². The molecular formula is C14H21NO. The lowest BCUT2D eigenvalue weighted by molar-refractivity contribution is -0.0263. The predicted molar refractivity (Wildman–Crippen MR) is 66.8 cm³/mol. The van der Waals surface area contributed by atoms with Crippen LogP contribution in [0.5, 0.6) is 0 Å². The number of morpholine rings is 1. The van der Waals surface area contributed by atoms with E-state index in [0.29, 0.717) is 12.2 Å². The minimum absolute atomic E-state index is 0.324. The predicted octanol–water partition coefficient (Wildman–Crippen LogP) is 2.22. The third-order valence-electron chi connectivity index (χ3n) is 3.17. The van der Waals surface area contributed by atoms with Crippen LogP contribution in [-0.4, -0.2) is 25.3 Å². The molecule has 2 heteroatoms. The zero-order valence-corrected chi connectivity index (χ0v) is 10.4. The molecule has 1 aromatic carbocycles. The molecule has 2 rings (SSSR count). The number of benzene rings is 1. The first-order valence-corrected chi connectivity index (χ1v) is 6.07. The normalized spacial score (nSPS) is 25.7. The van der Waals surface area contributed by atoms with E-state index in [0.717, 1.165) is 19.5 Å². The quantitative estimate of drug-likeness (QED) is 0.823. The van der Waals surface area contributed by atoms with Crippen molar-refractivity contribution in [1.29, 1.82) is 0 Å². The molecule has 2 atom stereocenters. The third-order valence-corrected chi connectivity index (χ3v) is 3.17. The fraction of sp³-hybridized carbons (Fsp3) is 0.571. The molecule has 1 aliphatic rings. The summed E-state index contributed by atoms with van der Waals surface area (Å²) in [7, 11) is 0. The van der Waals surface area contributed by atoms with Crippen molar-refractivity contribution in [2.24, 2.45) is 0 Å². The van der Waals surface area contributed by atoms with Crippen LogP contribution >= 0.6 is 0 Å². The average molecular weight is 219 g/mol. The van der Waals surface area contributed by atoms with Crippen molar-refractivity contribution < 1.29 is 4.74 Å². The lowest BCUT2D eigenvalue weighted by atomic mass is 10.00. The monoisotopic (exact) mass is 219 g/mol. The highest BCUT2D eigenvalue weighted by atomic mass is 16.5. The molecular weight excluding hydrogens is 198 g/mol. The van der Waals surface area contributed by atoms with Crippen molar-refractivity contribution >= 4 is 0 Å². The molecule has 2 unspecified atom stereocenters. The number of nitrogens with one attached hydrogen (secondary N) is 1. The lowest BCUT2D eigenvalue weighted by Crippen LogP contribution is -2.44. The Morgan fingerprint density at radius 3 is 2.81 bits per heavy atom. The summed E-state index contributed by atoms with van der Waals surface area (Å²) >= 11 is 0. The molecule has 1 aliphatic heterocycles. The van der Waals surface area contributed by atoms with Crippen LogP contribution < -0.4 is 5.32 Å². The SMILES string of the molecule is Cc1ccc(CC2CNCC(C)O2)c(C)c1. The van der Waals surface area contributed by atoms with Crippen molar-refractivity contribution in [3.8, 4) is 0 Å². The molecule has 1 heterocycles. The Labute approximate surface area is 98.0 Å². The summed E-state index contributed by atoms with van der Waals surface area (Å²) in [4.78, 5) is 0. The maximum Gasteiger partial charge on any atom is 0.0744 e. The summed E-state index contributed by atoms with van der Waals surface area (Å²) in [5.74, 6) is 0. The molecule has 0 bridgehead atoms. The zero-order valence-electron chi connectivity index (χ0n) is 10.4. The van der Waals surface area contributed by atoms with Gasteiger partial charge in [-0.1, -0.05) is 23.8 Å². The summed E-state index contributed by atoms with van der Waals surface area (Å²) in [5, 5.41) is 3.41. The molecule has 1 N–H and O–H groups in total. The van der Waals surface area contributed by atoms with E-state index >= 15 is 0 Å². The largest absolute Gasteiger partial charge is 0.372 e. The fourth-order valence-electron chi connectivity index (χ4n) is 2.31. The highest BCUT2D eigenvalue weighted by Crippen LogP contribution is 2.15. The maximum absolute atomic E-state index is 5.91. The second kappa shape index (κ2) is 4.98. The summed E-state index contributed by atoms with van der Waals surface area (Å²) in [6, 6.07) is 6.66. The summed E-state index contributed by atoms with van der Waals surface area (Å²) in [6.45, 7) is 8.39. The highest BCUT2D eigenvalue weighted by molar-refractivity contribution is 5.30. The van der Waals surface area contributed by atoms with Gasteiger partial charge in [-0.2, -0.15) is 0 Å². The lowest BCUT2D eigenvalue weighted by Gasteiger charge is -2.29. The van der Waals surface area contributed by atoms with Gasteiger partial charge >= 0.3 is 0 Å². The van der Waals surface area contributed by atoms with Crippen molar-refractivity contribution in [1.82, 2.24) is 5.32 Å². The van der Waals surface area contributed by atoms with Crippen LogP contribution in [0.1, 0.15) is 23.6 Å². The Bertz CT molecular complexity index is 362. The van der Waals surface area contributed by atoms with Gasteiger partial charge in [0.05, 0.1) is 12.2 Å². The van der Waals surface area contributed by atoms with E-state index < -0.39 is 0 Å². The maximum atomic E-state index is 5.91. The van der Waals surface area contributed by atoms with Crippen LogP contribution in [-0.2, 0) is 11.2 Å². The Balaban J connectivity index is 2.02. The fourth-order valence-corrected chi connectivity index (χ4v) is 2.31. The van der Waals surface area contributed by atoms with E-state index in [-0.39, 0.29) is 0 Å². The number of hydrogen-bond donors (Lipinski definition) is 1. The van der Waals surface area contributed by atoms with Crippen molar-refractivity contribution in [3.63, 3.8) is 0 Å². The third kappa shape index (κ3) is 2.83. The molecule has 1 fully saturated rings. The van der Waals surface area contributed by atoms with Crippen LogP contribution in [0.15, 0.2) is 18.2 Å². The molecule has 0 saturated carbocycles. The Hall–Kier alpha value is -0.860. The van der Waals surface area contributed by atoms with Gasteiger partial charge < -0.3 is 10.1 Å². The van der Waals surface area contributed by atoms with Gasteiger partial charge in [-0.05, 0) is 31.9 Å². The average Bonchev–Trinajstić information content (AvgIpc) is 2.22. The van der Waals surface area contributed by atoms with Gasteiger partial charge in [-0.25, -0.2) is 0 Å². The first-order valence-electron chi connectivity index (χ1n) is 6.07. The topological polar surface area (TPSA) is 21.3 Å². The second-order valence-electron chi connectivity index (χ2n) is 4.86. The number of hydrogen-bond acceptors (Lipinski definition) is 2. The Kier molecular flexibility index (Phi) is 3.62. The first kappa shape index (κ1) is 11.6. The second-order valence-corrected chi connectivity index (χ2v) is 4.86. The van der Waals surface area contributed by atoms with E-state index in [1.807, 2.05) is 0 Å². The highest BCUT2D eigenvalue weighted by Gasteiger charge is 2.19. The molecule has 0 radical (unpaired) electrons. The van der Waals surface area contributed by atoms with E-state index in [2.05, 4.69) is 44.3 Å². The van der Waals surface area contributed by atoms with Gasteiger partial charge in [-0.3, -0.25) is 0 Å². The summed E-state index contributed by atoms with van der Waals surface area (Å²) < 4.78 is 5.91. The Morgan fingerprint density at radius 1 is 1.31 bits per heavy atom. The van der Waals surface area contributed by atoms with Crippen LogP contribution in [0.25, 0.3) is 0 Å². The van der Waals surface area contributed by atoms with Gasteiger partial charge in [0.25, 0.3) is 0 Å². The van der Waals surface area contributed by atoms with Gasteiger partial charge in [0.1, 0.15) is 0 Å². The molecule has 16 heavy (non-hydrogen) atoms. The zero-order chi connectivity index (χ0) is 11.5. The molecule has 2 nitrogen and oxygen atoms in total. The van der Waals surface area contributed by atoms with Crippen molar-refractivity contribution in [2.75, 3.05) is 13.1 Å². The summed E-state index contributed by atoms with van der Waals surface area (Å²) in [6.07, 6.45) is 1.68. The van der Waals surface area contributed by atoms with Crippen LogP contribution in [0.3, 0.4) is 0 Å². The van der Waals surface area contributed by atoms with Crippen LogP contribution in [0, 0.1) is 13.8 Å². The number of rotatable bonds is 2. The van der Waals surface area contributed by atoms with Gasteiger partial charge in [0, 0.05) is 19.5 Å². The standard InChI is InChI=1S/C14H21NO/c1-10-4-5-13(11(2)6-10)7-14-9-15-8-12(3)16-14/h4-6,12,14-15H,7-9H2,1-3H3. The van der Waals surface area contributed by atoms with Gasteiger partial charge in [0.2, 0.25) is 0 Å².